The molecule has 1 aromatic carbocycles. The van der Waals surface area contributed by atoms with Crippen LogP contribution in [0.4, 0.5) is 15.8 Å². The highest BCUT2D eigenvalue weighted by molar-refractivity contribution is 5.89. The van der Waals surface area contributed by atoms with Gasteiger partial charge in [0.05, 0.1) is 5.69 Å². The topological polar surface area (TPSA) is 41.1 Å². The van der Waals surface area contributed by atoms with Crippen molar-refractivity contribution in [3.05, 3.63) is 24.0 Å². The van der Waals surface area contributed by atoms with Crippen molar-refractivity contribution in [1.29, 1.82) is 0 Å². The molecule has 1 aliphatic rings. The van der Waals surface area contributed by atoms with E-state index in [1.54, 1.807) is 12.1 Å². The number of hydrogen-bond donors (Lipinski definition) is 2. The van der Waals surface area contributed by atoms with Gasteiger partial charge in [0.1, 0.15) is 5.82 Å². The zero-order chi connectivity index (χ0) is 14.4. The zero-order valence-electron chi connectivity index (χ0n) is 12.0. The van der Waals surface area contributed by atoms with Gasteiger partial charge < -0.3 is 10.6 Å². The molecular weight excluding hydrogens is 255 g/mol. The Bertz CT molecular complexity index is 454. The maximum absolute atomic E-state index is 13.5. The molecule has 0 unspecified atom stereocenters. The van der Waals surface area contributed by atoms with Crippen LogP contribution in [0.15, 0.2) is 18.2 Å². The maximum atomic E-state index is 13.5. The first-order valence-corrected chi connectivity index (χ1v) is 7.46. The Morgan fingerprint density at radius 1 is 1.25 bits per heavy atom. The first-order valence-electron chi connectivity index (χ1n) is 7.46. The highest BCUT2D eigenvalue weighted by atomic mass is 19.1. The minimum Gasteiger partial charge on any atom is -0.385 e. The molecule has 0 radical (unpaired) electrons. The lowest BCUT2D eigenvalue weighted by Gasteiger charge is -2.16. The van der Waals surface area contributed by atoms with Crippen molar-refractivity contribution >= 4 is 17.3 Å². The molecule has 2 N–H and O–H groups in total. The van der Waals surface area contributed by atoms with Crippen LogP contribution in [0.3, 0.4) is 0 Å². The van der Waals surface area contributed by atoms with Crippen molar-refractivity contribution in [2.24, 2.45) is 5.92 Å². The van der Waals surface area contributed by atoms with Crippen molar-refractivity contribution in [1.82, 2.24) is 0 Å². The quantitative estimate of drug-likeness (QED) is 0.812. The second kappa shape index (κ2) is 7.27. The Morgan fingerprint density at radius 2 is 1.95 bits per heavy atom. The number of rotatable bonds is 4. The van der Waals surface area contributed by atoms with E-state index in [1.807, 2.05) is 0 Å². The number of anilines is 2. The molecule has 0 saturated heterocycles. The van der Waals surface area contributed by atoms with E-state index in [0.29, 0.717) is 5.92 Å². The lowest BCUT2D eigenvalue weighted by Crippen LogP contribution is -2.14. The molecule has 0 bridgehead atoms. The molecule has 0 aliphatic heterocycles. The summed E-state index contributed by atoms with van der Waals surface area (Å²) in [5, 5.41) is 5.87. The van der Waals surface area contributed by atoms with Crippen molar-refractivity contribution in [2.75, 3.05) is 17.2 Å². The number of nitrogens with one attached hydrogen (secondary N) is 2. The van der Waals surface area contributed by atoms with Gasteiger partial charge in [-0.15, -0.1) is 0 Å². The summed E-state index contributed by atoms with van der Waals surface area (Å²) in [6.45, 7) is 2.30. The number of hydrogen-bond acceptors (Lipinski definition) is 2. The Kier molecular flexibility index (Phi) is 5.39. The van der Waals surface area contributed by atoms with Crippen molar-refractivity contribution in [3.8, 4) is 0 Å². The predicted octanol–water partition coefficient (Wildman–Crippen LogP) is 4.17. The van der Waals surface area contributed by atoms with E-state index in [2.05, 4.69) is 10.6 Å². The molecule has 0 spiro atoms. The summed E-state index contributed by atoms with van der Waals surface area (Å²) in [6.07, 6.45) is 7.86. The van der Waals surface area contributed by atoms with Gasteiger partial charge in [-0.1, -0.05) is 25.7 Å². The first-order chi connectivity index (χ1) is 9.65. The summed E-state index contributed by atoms with van der Waals surface area (Å²) in [5.41, 5.74) is 1.10. The molecule has 110 valence electrons. The van der Waals surface area contributed by atoms with E-state index in [4.69, 9.17) is 0 Å². The molecule has 1 amide bonds. The molecule has 0 aromatic heterocycles. The largest absolute Gasteiger partial charge is 0.385 e. The van der Waals surface area contributed by atoms with Crippen molar-refractivity contribution < 1.29 is 9.18 Å². The fourth-order valence-electron chi connectivity index (χ4n) is 2.75. The van der Waals surface area contributed by atoms with Gasteiger partial charge >= 0.3 is 0 Å². The van der Waals surface area contributed by atoms with Crippen LogP contribution in [0, 0.1) is 11.7 Å². The lowest BCUT2D eigenvalue weighted by molar-refractivity contribution is -0.114. The van der Waals surface area contributed by atoms with Crippen LogP contribution >= 0.6 is 0 Å². The number of carbonyl (C=O) groups is 1. The third-order valence-corrected chi connectivity index (χ3v) is 3.85. The Hall–Kier alpha value is -1.58. The molecule has 20 heavy (non-hydrogen) atoms. The molecule has 0 atom stereocenters. The average Bonchev–Trinajstić information content (AvgIpc) is 2.68. The number of amides is 1. The summed E-state index contributed by atoms with van der Waals surface area (Å²) in [7, 11) is 0. The fourth-order valence-corrected chi connectivity index (χ4v) is 2.75. The molecule has 1 aromatic rings. The van der Waals surface area contributed by atoms with Gasteiger partial charge in [-0.3, -0.25) is 4.79 Å². The summed E-state index contributed by atoms with van der Waals surface area (Å²) < 4.78 is 13.5. The SMILES string of the molecule is CC(=O)Nc1cc(NCC2CCCCCC2)ccc1F. The van der Waals surface area contributed by atoms with E-state index >= 15 is 0 Å². The second-order valence-electron chi connectivity index (χ2n) is 5.61. The maximum Gasteiger partial charge on any atom is 0.221 e. The van der Waals surface area contributed by atoms with Crippen LogP contribution in [0.5, 0.6) is 0 Å². The Morgan fingerprint density at radius 3 is 2.60 bits per heavy atom. The van der Waals surface area contributed by atoms with Gasteiger partial charge in [0.25, 0.3) is 0 Å². The smallest absolute Gasteiger partial charge is 0.221 e. The molecule has 1 fully saturated rings. The van der Waals surface area contributed by atoms with Gasteiger partial charge in [-0.2, -0.15) is 0 Å². The van der Waals surface area contributed by atoms with Gasteiger partial charge in [-0.05, 0) is 37.0 Å². The van der Waals surface area contributed by atoms with Crippen LogP contribution in [-0.4, -0.2) is 12.5 Å². The second-order valence-corrected chi connectivity index (χ2v) is 5.61. The van der Waals surface area contributed by atoms with Crippen molar-refractivity contribution in [3.63, 3.8) is 0 Å². The summed E-state index contributed by atoms with van der Waals surface area (Å²) in [4.78, 5) is 11.0. The fraction of sp³-hybridized carbons (Fsp3) is 0.562. The summed E-state index contributed by atoms with van der Waals surface area (Å²) >= 11 is 0. The van der Waals surface area contributed by atoms with E-state index in [1.165, 1.54) is 51.5 Å². The zero-order valence-corrected chi connectivity index (χ0v) is 12.0. The molecule has 1 saturated carbocycles. The molecular formula is C16H23FN2O. The van der Waals surface area contributed by atoms with Crippen LogP contribution in [0.1, 0.15) is 45.4 Å². The van der Waals surface area contributed by atoms with Gasteiger partial charge in [0.2, 0.25) is 5.91 Å². The summed E-state index contributed by atoms with van der Waals surface area (Å²) in [5.74, 6) is 0.0387. The summed E-state index contributed by atoms with van der Waals surface area (Å²) in [6, 6.07) is 4.77. The molecule has 4 heteroatoms. The van der Waals surface area contributed by atoms with Crippen LogP contribution in [-0.2, 0) is 4.79 Å². The Balaban J connectivity index is 1.93. The van der Waals surface area contributed by atoms with Gasteiger partial charge in [-0.25, -0.2) is 4.39 Å². The van der Waals surface area contributed by atoms with Crippen LogP contribution < -0.4 is 10.6 Å². The molecule has 3 nitrogen and oxygen atoms in total. The average molecular weight is 278 g/mol. The molecule has 0 heterocycles. The molecule has 2 rings (SSSR count). The van der Waals surface area contributed by atoms with Crippen LogP contribution in [0.2, 0.25) is 0 Å². The van der Waals surface area contributed by atoms with Gasteiger partial charge in [0.15, 0.2) is 0 Å². The predicted molar refractivity (Wildman–Crippen MR) is 80.4 cm³/mol. The van der Waals surface area contributed by atoms with E-state index < -0.39 is 5.82 Å². The van der Waals surface area contributed by atoms with E-state index in [-0.39, 0.29) is 11.6 Å². The number of carbonyl (C=O) groups excluding carboxylic acids is 1. The minimum atomic E-state index is -0.403. The number of benzene rings is 1. The van der Waals surface area contributed by atoms with E-state index in [9.17, 15) is 9.18 Å². The molecule has 1 aliphatic carbocycles. The Labute approximate surface area is 120 Å². The highest BCUT2D eigenvalue weighted by Crippen LogP contribution is 2.24. The van der Waals surface area contributed by atoms with E-state index in [0.717, 1.165) is 12.2 Å². The number of halogens is 1. The standard InChI is InChI=1S/C16H23FN2O/c1-12(20)19-16-10-14(8-9-15(16)17)18-11-13-6-4-2-3-5-7-13/h8-10,13,18H,2-7,11H2,1H3,(H,19,20). The van der Waals surface area contributed by atoms with Crippen LogP contribution in [0.25, 0.3) is 0 Å². The normalized spacial score (nSPS) is 16.5. The first kappa shape index (κ1) is 14.8. The lowest BCUT2D eigenvalue weighted by atomic mass is 10.0. The highest BCUT2D eigenvalue weighted by Gasteiger charge is 2.12. The third-order valence-electron chi connectivity index (χ3n) is 3.85. The monoisotopic (exact) mass is 278 g/mol. The van der Waals surface area contributed by atoms with Crippen molar-refractivity contribution in [2.45, 2.75) is 45.4 Å². The minimum absolute atomic E-state index is 0.239. The third kappa shape index (κ3) is 4.51. The van der Waals surface area contributed by atoms with Gasteiger partial charge in [0, 0.05) is 19.2 Å².